The number of hydrogen-bond acceptors (Lipinski definition) is 8. The molecule has 0 aliphatic carbocycles. The molecule has 1 aromatic carbocycles. The Morgan fingerprint density at radius 3 is 2.56 bits per heavy atom. The molecule has 6 N–H and O–H groups in total. The van der Waals surface area contributed by atoms with Crippen LogP contribution < -0.4 is 22.1 Å². The molecule has 2 rings (SSSR count). The molecule has 0 saturated heterocycles. The predicted molar refractivity (Wildman–Crippen MR) is 91.1 cm³/mol. The largest absolute Gasteiger partial charge is 0.368 e. The number of carbonyl (C=O) groups excluding carboxylic acids is 2. The Bertz CT molecular complexity index is 929. The van der Waals surface area contributed by atoms with Crippen LogP contribution in [0.4, 0.5) is 17.5 Å². The van der Waals surface area contributed by atoms with E-state index < -0.39 is 21.7 Å². The van der Waals surface area contributed by atoms with Crippen molar-refractivity contribution in [1.29, 1.82) is 0 Å². The van der Waals surface area contributed by atoms with Gasteiger partial charge in [0, 0.05) is 18.1 Å². The van der Waals surface area contributed by atoms with E-state index in [9.17, 15) is 18.0 Å². The summed E-state index contributed by atoms with van der Waals surface area (Å²) in [4.78, 5) is 30.4. The second kappa shape index (κ2) is 7.13. The van der Waals surface area contributed by atoms with Gasteiger partial charge in [0.25, 0.3) is 5.91 Å². The van der Waals surface area contributed by atoms with Gasteiger partial charge >= 0.3 is 0 Å². The molecular weight excluding hydrogens is 348 g/mol. The van der Waals surface area contributed by atoms with Crippen molar-refractivity contribution in [3.05, 3.63) is 36.0 Å². The number of anilines is 3. The highest BCUT2D eigenvalue weighted by atomic mass is 32.2. The molecule has 0 radical (unpaired) electrons. The molecule has 2 amide bonds. The van der Waals surface area contributed by atoms with Gasteiger partial charge in [-0.15, -0.1) is 0 Å². The molecule has 0 aliphatic rings. The van der Waals surface area contributed by atoms with Crippen LogP contribution in [0.2, 0.25) is 0 Å². The van der Waals surface area contributed by atoms with E-state index >= 15 is 0 Å². The average molecular weight is 364 g/mol. The number of nitrogens with two attached hydrogens (primary N) is 2. The van der Waals surface area contributed by atoms with Gasteiger partial charge < -0.3 is 22.1 Å². The highest BCUT2D eigenvalue weighted by Crippen LogP contribution is 2.22. The van der Waals surface area contributed by atoms with Crippen molar-refractivity contribution in [2.75, 3.05) is 23.4 Å². The van der Waals surface area contributed by atoms with Crippen molar-refractivity contribution in [2.24, 2.45) is 11.5 Å². The Kier molecular flexibility index (Phi) is 5.17. The van der Waals surface area contributed by atoms with Gasteiger partial charge in [0.1, 0.15) is 11.4 Å². The topological polar surface area (TPSA) is 170 Å². The van der Waals surface area contributed by atoms with Crippen molar-refractivity contribution in [3.63, 3.8) is 0 Å². The third kappa shape index (κ3) is 4.88. The fourth-order valence-electron chi connectivity index (χ4n) is 1.85. The zero-order valence-electron chi connectivity index (χ0n) is 13.2. The minimum Gasteiger partial charge on any atom is -0.368 e. The second-order valence-corrected chi connectivity index (χ2v) is 7.08. The van der Waals surface area contributed by atoms with Gasteiger partial charge in [0.15, 0.2) is 9.84 Å². The van der Waals surface area contributed by atoms with Gasteiger partial charge in [-0.2, -0.15) is 4.98 Å². The number of hydrogen-bond donors (Lipinski definition) is 4. The van der Waals surface area contributed by atoms with E-state index in [1.165, 1.54) is 24.4 Å². The quantitative estimate of drug-likeness (QED) is 0.515. The summed E-state index contributed by atoms with van der Waals surface area (Å²) in [6.45, 7) is -0.196. The first-order chi connectivity index (χ1) is 11.7. The first-order valence-corrected chi connectivity index (χ1v) is 8.82. The van der Waals surface area contributed by atoms with Crippen LogP contribution >= 0.6 is 0 Å². The van der Waals surface area contributed by atoms with Crippen LogP contribution in [0.5, 0.6) is 0 Å². The molecule has 0 atom stereocenters. The average Bonchev–Trinajstić information content (AvgIpc) is 2.52. The zero-order valence-corrected chi connectivity index (χ0v) is 14.0. The normalized spacial score (nSPS) is 10.9. The van der Waals surface area contributed by atoms with Crippen LogP contribution in [0.15, 0.2) is 35.4 Å². The summed E-state index contributed by atoms with van der Waals surface area (Å²) in [7, 11) is -3.40. The molecule has 0 spiro atoms. The van der Waals surface area contributed by atoms with E-state index in [1.807, 2.05) is 0 Å². The maximum absolute atomic E-state index is 11.6. The minimum atomic E-state index is -3.40. The molecule has 132 valence electrons. The van der Waals surface area contributed by atoms with Crippen molar-refractivity contribution in [2.45, 2.75) is 4.90 Å². The zero-order chi connectivity index (χ0) is 18.6. The fraction of sp³-hybridized carbons (Fsp3) is 0.143. The molecule has 11 heteroatoms. The predicted octanol–water partition coefficient (Wildman–Crippen LogP) is -0.380. The number of benzene rings is 1. The summed E-state index contributed by atoms with van der Waals surface area (Å²) >= 11 is 0. The van der Waals surface area contributed by atoms with Crippen LogP contribution in [0.1, 0.15) is 10.4 Å². The molecule has 1 heterocycles. The summed E-state index contributed by atoms with van der Waals surface area (Å²) in [5.41, 5.74) is 10.7. The Hall–Kier alpha value is -3.21. The van der Waals surface area contributed by atoms with Crippen molar-refractivity contribution in [1.82, 2.24) is 9.97 Å². The first-order valence-electron chi connectivity index (χ1n) is 6.93. The van der Waals surface area contributed by atoms with Crippen LogP contribution in [0.3, 0.4) is 0 Å². The van der Waals surface area contributed by atoms with E-state index in [2.05, 4.69) is 20.6 Å². The summed E-state index contributed by atoms with van der Waals surface area (Å²) in [5, 5.41) is 5.41. The number of carbonyl (C=O) groups is 2. The summed E-state index contributed by atoms with van der Waals surface area (Å²) < 4.78 is 23.3. The molecule has 0 saturated carbocycles. The van der Waals surface area contributed by atoms with Crippen molar-refractivity contribution >= 4 is 39.1 Å². The number of aromatic nitrogens is 2. The van der Waals surface area contributed by atoms with E-state index in [-0.39, 0.29) is 28.8 Å². The van der Waals surface area contributed by atoms with Gasteiger partial charge in [0.05, 0.1) is 11.4 Å². The van der Waals surface area contributed by atoms with Crippen LogP contribution in [-0.4, -0.2) is 43.0 Å². The molecule has 25 heavy (non-hydrogen) atoms. The Labute approximate surface area is 143 Å². The highest BCUT2D eigenvalue weighted by Gasteiger charge is 2.14. The standard InChI is InChI=1S/C14H16N6O4S/c1-25(23,24)9-4-2-3-8(5-9)19-13-10(12(16)22)6-17-14(20-13)18-7-11(15)21/h2-6H,7H2,1H3,(H2,15,21)(H2,16,22)(H2,17,18,19,20). The Morgan fingerprint density at radius 2 is 1.96 bits per heavy atom. The number of nitrogens with zero attached hydrogens (tertiary/aromatic N) is 2. The van der Waals surface area contributed by atoms with Crippen molar-refractivity contribution < 1.29 is 18.0 Å². The van der Waals surface area contributed by atoms with Crippen LogP contribution in [0, 0.1) is 0 Å². The maximum Gasteiger partial charge on any atom is 0.254 e. The van der Waals surface area contributed by atoms with E-state index in [1.54, 1.807) is 6.07 Å². The smallest absolute Gasteiger partial charge is 0.254 e. The van der Waals surface area contributed by atoms with Gasteiger partial charge in [-0.3, -0.25) is 9.59 Å². The molecule has 0 aliphatic heterocycles. The number of rotatable bonds is 7. The third-order valence-electron chi connectivity index (χ3n) is 3.00. The molecule has 1 aromatic heterocycles. The van der Waals surface area contributed by atoms with E-state index in [0.29, 0.717) is 5.69 Å². The van der Waals surface area contributed by atoms with Gasteiger partial charge in [-0.25, -0.2) is 13.4 Å². The fourth-order valence-corrected chi connectivity index (χ4v) is 2.52. The Morgan fingerprint density at radius 1 is 1.24 bits per heavy atom. The van der Waals surface area contributed by atoms with Crippen molar-refractivity contribution in [3.8, 4) is 0 Å². The SMILES string of the molecule is CS(=O)(=O)c1cccc(Nc2nc(NCC(N)=O)ncc2C(N)=O)c1. The maximum atomic E-state index is 11.6. The van der Waals surface area contributed by atoms with E-state index in [4.69, 9.17) is 11.5 Å². The Balaban J connectivity index is 2.38. The summed E-state index contributed by atoms with van der Waals surface area (Å²) in [6, 6.07) is 5.96. The number of primary amides is 2. The summed E-state index contributed by atoms with van der Waals surface area (Å²) in [6.07, 6.45) is 2.26. The number of amides is 2. The lowest BCUT2D eigenvalue weighted by molar-refractivity contribution is -0.116. The molecule has 10 nitrogen and oxygen atoms in total. The molecule has 2 aromatic rings. The van der Waals surface area contributed by atoms with Gasteiger partial charge in [0.2, 0.25) is 11.9 Å². The highest BCUT2D eigenvalue weighted by molar-refractivity contribution is 7.90. The van der Waals surface area contributed by atoms with Crippen LogP contribution in [0.25, 0.3) is 0 Å². The first kappa shape index (κ1) is 18.1. The second-order valence-electron chi connectivity index (χ2n) is 5.07. The van der Waals surface area contributed by atoms with Gasteiger partial charge in [-0.05, 0) is 18.2 Å². The molecule has 0 unspecified atom stereocenters. The lowest BCUT2D eigenvalue weighted by Crippen LogP contribution is -2.23. The minimum absolute atomic E-state index is 0.00520. The summed E-state index contributed by atoms with van der Waals surface area (Å²) in [5.74, 6) is -1.29. The molecule has 0 fully saturated rings. The molecule has 0 bridgehead atoms. The number of nitrogens with one attached hydrogen (secondary N) is 2. The monoisotopic (exact) mass is 364 g/mol. The number of sulfone groups is 1. The molecular formula is C14H16N6O4S. The lowest BCUT2D eigenvalue weighted by atomic mass is 10.2. The lowest BCUT2D eigenvalue weighted by Gasteiger charge is -2.11. The van der Waals surface area contributed by atoms with Crippen LogP contribution in [-0.2, 0) is 14.6 Å². The third-order valence-corrected chi connectivity index (χ3v) is 4.11. The van der Waals surface area contributed by atoms with Gasteiger partial charge in [-0.1, -0.05) is 6.07 Å². The van der Waals surface area contributed by atoms with E-state index in [0.717, 1.165) is 6.26 Å².